The van der Waals surface area contributed by atoms with E-state index in [9.17, 15) is 9.59 Å². The zero-order chi connectivity index (χ0) is 24.3. The third-order valence-electron chi connectivity index (χ3n) is 5.16. The van der Waals surface area contributed by atoms with E-state index < -0.39 is 17.9 Å². The lowest BCUT2D eigenvalue weighted by Gasteiger charge is -2.14. The number of nitrogens with one attached hydrogen (secondary N) is 3. The molecule has 0 aliphatic rings. The molecule has 0 fully saturated rings. The van der Waals surface area contributed by atoms with Crippen LogP contribution >= 0.6 is 0 Å². The maximum Gasteiger partial charge on any atom is 0.267 e. The number of hydrogen-bond donors (Lipinski definition) is 5. The van der Waals surface area contributed by atoms with Crippen LogP contribution in [0.4, 0.5) is 0 Å². The Bertz CT molecular complexity index is 1180. The highest BCUT2D eigenvalue weighted by atomic mass is 16.5. The minimum Gasteiger partial charge on any atom is -0.339 e. The van der Waals surface area contributed by atoms with Crippen molar-refractivity contribution in [2.24, 2.45) is 5.73 Å². The summed E-state index contributed by atoms with van der Waals surface area (Å²) in [5.41, 5.74) is 12.6. The van der Waals surface area contributed by atoms with Gasteiger partial charge in [-0.05, 0) is 54.4 Å². The van der Waals surface area contributed by atoms with E-state index in [0.717, 1.165) is 24.2 Å². The number of aryl methyl sites for hydroxylation is 1. The van der Waals surface area contributed by atoms with E-state index in [1.807, 2.05) is 12.1 Å². The Hall–Kier alpha value is -3.96. The zero-order valence-corrected chi connectivity index (χ0v) is 19.0. The van der Waals surface area contributed by atoms with Gasteiger partial charge >= 0.3 is 0 Å². The molecular weight excluding hydrogens is 440 g/mol. The first-order valence-corrected chi connectivity index (χ1v) is 10.9. The van der Waals surface area contributed by atoms with Crippen LogP contribution in [0.15, 0.2) is 72.8 Å². The van der Waals surface area contributed by atoms with E-state index in [1.54, 1.807) is 24.3 Å². The molecule has 7 heteroatoms. The summed E-state index contributed by atoms with van der Waals surface area (Å²) in [6, 6.07) is 22.2. The van der Waals surface area contributed by atoms with Gasteiger partial charge in [0.25, 0.3) is 11.8 Å². The molecule has 0 unspecified atom stereocenters. The quantitative estimate of drug-likeness (QED) is 0.196. The second kappa shape index (κ2) is 13.7. The average molecular weight is 473 g/mol. The molecule has 7 nitrogen and oxygen atoms in total. The van der Waals surface area contributed by atoms with Gasteiger partial charge in [0.05, 0.1) is 0 Å². The lowest BCUT2D eigenvalue weighted by Crippen LogP contribution is -2.50. The van der Waals surface area contributed by atoms with E-state index in [4.69, 9.17) is 10.9 Å². The van der Waals surface area contributed by atoms with Gasteiger partial charge in [-0.3, -0.25) is 14.8 Å². The van der Waals surface area contributed by atoms with Gasteiger partial charge in [0.1, 0.15) is 6.04 Å². The fourth-order valence-electron chi connectivity index (χ4n) is 3.28. The minimum absolute atomic E-state index is 0. The smallest absolute Gasteiger partial charge is 0.267 e. The maximum absolute atomic E-state index is 12.3. The summed E-state index contributed by atoms with van der Waals surface area (Å²) in [7, 11) is 0. The molecule has 35 heavy (non-hydrogen) atoms. The van der Waals surface area contributed by atoms with Crippen LogP contribution < -0.4 is 21.8 Å². The molecule has 0 saturated carbocycles. The predicted molar refractivity (Wildman–Crippen MR) is 138 cm³/mol. The molecule has 0 aromatic heterocycles. The van der Waals surface area contributed by atoms with Crippen LogP contribution in [0.3, 0.4) is 0 Å². The highest BCUT2D eigenvalue weighted by Gasteiger charge is 2.19. The largest absolute Gasteiger partial charge is 0.339 e. The summed E-state index contributed by atoms with van der Waals surface area (Å²) >= 11 is 0. The van der Waals surface area contributed by atoms with Gasteiger partial charge in [-0.15, -0.1) is 0 Å². The molecule has 1 atom stereocenters. The second-order valence-corrected chi connectivity index (χ2v) is 7.85. The van der Waals surface area contributed by atoms with Crippen molar-refractivity contribution in [1.82, 2.24) is 16.1 Å². The van der Waals surface area contributed by atoms with Crippen LogP contribution in [0.25, 0.3) is 0 Å². The predicted octanol–water partition coefficient (Wildman–Crippen LogP) is 2.88. The number of hydroxylamine groups is 1. The van der Waals surface area contributed by atoms with Gasteiger partial charge in [-0.2, -0.15) is 0 Å². The summed E-state index contributed by atoms with van der Waals surface area (Å²) in [5, 5.41) is 14.6. The van der Waals surface area contributed by atoms with E-state index in [-0.39, 0.29) is 14.0 Å². The molecule has 0 saturated heterocycles. The second-order valence-electron chi connectivity index (χ2n) is 7.85. The highest BCUT2D eigenvalue weighted by Crippen LogP contribution is 2.08. The molecule has 0 radical (unpaired) electrons. The van der Waals surface area contributed by atoms with Gasteiger partial charge in [-0.1, -0.05) is 61.2 Å². The van der Waals surface area contributed by atoms with E-state index in [2.05, 4.69) is 65.8 Å². The fraction of sp³-hybridized carbons (Fsp3) is 0.214. The Labute approximate surface area is 206 Å². The molecule has 182 valence electrons. The van der Waals surface area contributed by atoms with Crippen molar-refractivity contribution in [2.45, 2.75) is 33.5 Å². The van der Waals surface area contributed by atoms with Gasteiger partial charge in [-0.25, -0.2) is 5.48 Å². The molecule has 3 aromatic carbocycles. The van der Waals surface area contributed by atoms with Gasteiger partial charge in [0, 0.05) is 36.3 Å². The van der Waals surface area contributed by atoms with Crippen LogP contribution in [-0.2, 0) is 17.9 Å². The van der Waals surface area contributed by atoms with Crippen molar-refractivity contribution in [3.63, 3.8) is 0 Å². The number of rotatable bonds is 8. The van der Waals surface area contributed by atoms with Crippen LogP contribution in [0.1, 0.15) is 45.6 Å². The Morgan fingerprint density at radius 3 is 2.09 bits per heavy atom. The molecule has 2 amide bonds. The van der Waals surface area contributed by atoms with E-state index in [0.29, 0.717) is 5.56 Å². The molecule has 3 aromatic rings. The molecule has 6 N–H and O–H groups in total. The lowest BCUT2D eigenvalue weighted by atomic mass is 10.1. The van der Waals surface area contributed by atoms with Crippen LogP contribution in [0.2, 0.25) is 0 Å². The molecule has 3 rings (SSSR count). The van der Waals surface area contributed by atoms with Gasteiger partial charge < -0.3 is 16.4 Å². The molecule has 0 aliphatic carbocycles. The third kappa shape index (κ3) is 8.40. The summed E-state index contributed by atoms with van der Waals surface area (Å²) in [6.07, 6.45) is 0. The molecular formula is C28H32N4O3. The first-order valence-electron chi connectivity index (χ1n) is 10.9. The molecule has 0 bridgehead atoms. The van der Waals surface area contributed by atoms with E-state index >= 15 is 0 Å². The first-order chi connectivity index (χ1) is 16.5. The number of nitrogens with two attached hydrogens (primary N) is 1. The van der Waals surface area contributed by atoms with Crippen LogP contribution in [0, 0.1) is 18.8 Å². The van der Waals surface area contributed by atoms with Crippen molar-refractivity contribution in [2.75, 3.05) is 6.54 Å². The van der Waals surface area contributed by atoms with Crippen molar-refractivity contribution in [3.05, 3.63) is 106 Å². The average Bonchev–Trinajstić information content (AvgIpc) is 2.86. The topological polar surface area (TPSA) is 116 Å². The molecule has 0 aliphatic heterocycles. The normalized spacial score (nSPS) is 10.8. The maximum atomic E-state index is 12.3. The Balaban J connectivity index is 0.00000432. The zero-order valence-electron chi connectivity index (χ0n) is 19.0. The Morgan fingerprint density at radius 2 is 1.51 bits per heavy atom. The third-order valence-corrected chi connectivity index (χ3v) is 5.16. The fourth-order valence-corrected chi connectivity index (χ4v) is 3.28. The summed E-state index contributed by atoms with van der Waals surface area (Å²) in [6.45, 7) is 3.55. The lowest BCUT2D eigenvalue weighted by molar-refractivity contribution is -0.130. The standard InChI is InChI=1S/C27H28N4O3.CH4/c1-19-3-2-4-23(15-19)18-29-17-22-9-7-20(8-10-22)5-6-21-11-13-24(14-12-21)26(32)30-25(16-28)27(33)31-34;/h2-4,7-15,25,29,34H,16-18,28H2,1H3,(H,30,32)(H,31,33);1H4/t25-;/m0./s1. The number of amides is 2. The minimum atomic E-state index is -1.02. The van der Waals surface area contributed by atoms with Gasteiger partial charge in [0.15, 0.2) is 0 Å². The number of carbonyl (C=O) groups excluding carboxylic acids is 2. The molecule has 0 spiro atoms. The van der Waals surface area contributed by atoms with Crippen LogP contribution in [-0.4, -0.2) is 29.6 Å². The van der Waals surface area contributed by atoms with Crippen molar-refractivity contribution >= 4 is 11.8 Å². The van der Waals surface area contributed by atoms with Crippen molar-refractivity contribution in [1.29, 1.82) is 0 Å². The van der Waals surface area contributed by atoms with E-state index in [1.165, 1.54) is 22.2 Å². The highest BCUT2D eigenvalue weighted by molar-refractivity contribution is 5.97. The van der Waals surface area contributed by atoms with Crippen LogP contribution in [0.5, 0.6) is 0 Å². The molecule has 0 heterocycles. The summed E-state index contributed by atoms with van der Waals surface area (Å²) in [4.78, 5) is 23.7. The van der Waals surface area contributed by atoms with Crippen molar-refractivity contribution < 1.29 is 14.8 Å². The monoisotopic (exact) mass is 472 g/mol. The first kappa shape index (κ1) is 27.3. The number of carbonyl (C=O) groups is 2. The summed E-state index contributed by atoms with van der Waals surface area (Å²) in [5.74, 6) is 4.96. The SMILES string of the molecule is C.Cc1cccc(CNCc2ccc(C#Cc3ccc(C(=O)N[C@@H](CN)C(=O)NO)cc3)cc2)c1. The summed E-state index contributed by atoms with van der Waals surface area (Å²) < 4.78 is 0. The van der Waals surface area contributed by atoms with Gasteiger partial charge in [0.2, 0.25) is 0 Å². The Morgan fingerprint density at radius 1 is 0.914 bits per heavy atom. The Kier molecular flexibility index (Phi) is 10.7. The number of hydrogen-bond acceptors (Lipinski definition) is 5. The number of benzene rings is 3. The van der Waals surface area contributed by atoms with Crippen molar-refractivity contribution in [3.8, 4) is 11.8 Å².